The van der Waals surface area contributed by atoms with Gasteiger partial charge in [-0.05, 0) is 35.7 Å². The van der Waals surface area contributed by atoms with Crippen LogP contribution in [0.1, 0.15) is 25.3 Å². The smallest absolute Gasteiger partial charge is 0.265 e. The third kappa shape index (κ3) is 2.11. The van der Waals surface area contributed by atoms with Gasteiger partial charge in [-0.25, -0.2) is 4.98 Å². The summed E-state index contributed by atoms with van der Waals surface area (Å²) in [4.78, 5) is 16.9. The molecular weight excluding hydrogens is 248 g/mol. The average Bonchev–Trinajstić information content (AvgIpc) is 2.48. The number of nitrogens with zero attached hydrogens (tertiary/aromatic N) is 2. The molecule has 3 nitrogen and oxygen atoms in total. The second-order valence-corrected chi connectivity index (χ2v) is 5.19. The van der Waals surface area contributed by atoms with E-state index in [2.05, 4.69) is 24.9 Å². The van der Waals surface area contributed by atoms with Crippen LogP contribution in [-0.4, -0.2) is 9.55 Å². The van der Waals surface area contributed by atoms with E-state index in [0.717, 1.165) is 11.2 Å². The van der Waals surface area contributed by atoms with Crippen LogP contribution in [0.4, 0.5) is 0 Å². The molecule has 0 aliphatic rings. The fourth-order valence-corrected chi connectivity index (χ4v) is 2.29. The van der Waals surface area contributed by atoms with E-state index in [1.807, 2.05) is 42.5 Å². The van der Waals surface area contributed by atoms with Crippen LogP contribution in [0.2, 0.25) is 0 Å². The summed E-state index contributed by atoms with van der Waals surface area (Å²) < 4.78 is 1.61. The van der Waals surface area contributed by atoms with Crippen molar-refractivity contribution in [2.75, 3.05) is 0 Å². The van der Waals surface area contributed by atoms with Crippen LogP contribution in [0.25, 0.3) is 16.6 Å². The second kappa shape index (κ2) is 4.93. The van der Waals surface area contributed by atoms with Crippen molar-refractivity contribution in [1.29, 1.82) is 0 Å². The number of hydrogen-bond acceptors (Lipinski definition) is 2. The number of benzene rings is 2. The van der Waals surface area contributed by atoms with Crippen molar-refractivity contribution >= 4 is 10.9 Å². The van der Waals surface area contributed by atoms with Crippen molar-refractivity contribution in [3.8, 4) is 5.69 Å². The fraction of sp³-hybridized carbons (Fsp3) is 0.176. The molecule has 3 heteroatoms. The Balaban J connectivity index is 2.22. The van der Waals surface area contributed by atoms with Crippen LogP contribution < -0.4 is 5.56 Å². The number of rotatable bonds is 2. The number of para-hydroxylation sites is 1. The fourth-order valence-electron chi connectivity index (χ4n) is 2.29. The molecule has 0 bridgehead atoms. The SMILES string of the molecule is CC(C)c1cccc(-n2cnc3ccccc3c2=O)c1. The summed E-state index contributed by atoms with van der Waals surface area (Å²) in [7, 11) is 0. The van der Waals surface area contributed by atoms with E-state index in [1.165, 1.54) is 5.56 Å². The molecule has 3 aromatic rings. The van der Waals surface area contributed by atoms with Gasteiger partial charge in [0.25, 0.3) is 5.56 Å². The summed E-state index contributed by atoms with van der Waals surface area (Å²) in [6.07, 6.45) is 1.60. The van der Waals surface area contributed by atoms with Crippen LogP contribution in [0, 0.1) is 0 Å². The van der Waals surface area contributed by atoms with Gasteiger partial charge in [0, 0.05) is 0 Å². The Bertz CT molecular complexity index is 818. The molecule has 100 valence electrons. The van der Waals surface area contributed by atoms with Gasteiger partial charge in [0.1, 0.15) is 6.33 Å². The third-order valence-electron chi connectivity index (χ3n) is 3.48. The molecule has 0 fully saturated rings. The summed E-state index contributed by atoms with van der Waals surface area (Å²) >= 11 is 0. The Morgan fingerprint density at radius 2 is 1.85 bits per heavy atom. The molecular formula is C17H16N2O. The Kier molecular flexibility index (Phi) is 3.11. The average molecular weight is 264 g/mol. The highest BCUT2D eigenvalue weighted by Crippen LogP contribution is 2.17. The minimum atomic E-state index is -0.0310. The van der Waals surface area contributed by atoms with Gasteiger partial charge in [-0.15, -0.1) is 0 Å². The second-order valence-electron chi connectivity index (χ2n) is 5.19. The van der Waals surface area contributed by atoms with Crippen LogP contribution in [0.5, 0.6) is 0 Å². The largest absolute Gasteiger partial charge is 0.268 e. The lowest BCUT2D eigenvalue weighted by Gasteiger charge is -2.10. The summed E-state index contributed by atoms with van der Waals surface area (Å²) in [5.74, 6) is 0.430. The highest BCUT2D eigenvalue weighted by molar-refractivity contribution is 5.77. The molecule has 0 spiro atoms. The molecule has 20 heavy (non-hydrogen) atoms. The molecule has 0 atom stereocenters. The molecule has 0 unspecified atom stereocenters. The minimum Gasteiger partial charge on any atom is -0.268 e. The first-order chi connectivity index (χ1) is 9.66. The quantitative estimate of drug-likeness (QED) is 0.710. The number of fused-ring (bicyclic) bond motifs is 1. The Hall–Kier alpha value is -2.42. The van der Waals surface area contributed by atoms with E-state index >= 15 is 0 Å². The number of aromatic nitrogens is 2. The van der Waals surface area contributed by atoms with E-state index in [-0.39, 0.29) is 5.56 Å². The predicted molar refractivity (Wildman–Crippen MR) is 81.4 cm³/mol. The maximum Gasteiger partial charge on any atom is 0.265 e. The molecule has 1 heterocycles. The molecule has 0 saturated heterocycles. The molecule has 0 aliphatic heterocycles. The van der Waals surface area contributed by atoms with Crippen molar-refractivity contribution in [3.63, 3.8) is 0 Å². The Morgan fingerprint density at radius 1 is 1.05 bits per heavy atom. The zero-order valence-electron chi connectivity index (χ0n) is 11.6. The lowest BCUT2D eigenvalue weighted by molar-refractivity contribution is 0.859. The maximum atomic E-state index is 12.5. The molecule has 2 aromatic carbocycles. The molecule has 0 N–H and O–H groups in total. The molecule has 0 saturated carbocycles. The zero-order chi connectivity index (χ0) is 14.1. The van der Waals surface area contributed by atoms with Crippen LogP contribution >= 0.6 is 0 Å². The summed E-state index contributed by atoms with van der Waals surface area (Å²) in [5, 5.41) is 0.643. The predicted octanol–water partition coefficient (Wildman–Crippen LogP) is 3.51. The van der Waals surface area contributed by atoms with Gasteiger partial charge >= 0.3 is 0 Å². The van der Waals surface area contributed by atoms with Crippen molar-refractivity contribution in [3.05, 3.63) is 70.8 Å². The Morgan fingerprint density at radius 3 is 2.65 bits per heavy atom. The highest BCUT2D eigenvalue weighted by atomic mass is 16.1. The van der Waals surface area contributed by atoms with Gasteiger partial charge in [0.05, 0.1) is 16.6 Å². The van der Waals surface area contributed by atoms with Crippen molar-refractivity contribution in [2.24, 2.45) is 0 Å². The first-order valence-corrected chi connectivity index (χ1v) is 6.73. The summed E-state index contributed by atoms with van der Waals surface area (Å²) in [6.45, 7) is 4.28. The number of hydrogen-bond donors (Lipinski definition) is 0. The lowest BCUT2D eigenvalue weighted by Crippen LogP contribution is -2.18. The van der Waals surface area contributed by atoms with E-state index in [4.69, 9.17) is 0 Å². The zero-order valence-corrected chi connectivity index (χ0v) is 11.6. The molecule has 0 radical (unpaired) electrons. The molecule has 0 aliphatic carbocycles. The summed E-state index contributed by atoms with van der Waals surface area (Å²) in [6, 6.07) is 15.4. The van der Waals surface area contributed by atoms with Gasteiger partial charge in [-0.1, -0.05) is 38.1 Å². The normalized spacial score (nSPS) is 11.2. The van der Waals surface area contributed by atoms with Crippen molar-refractivity contribution < 1.29 is 0 Å². The first-order valence-electron chi connectivity index (χ1n) is 6.73. The van der Waals surface area contributed by atoms with Crippen LogP contribution in [0.15, 0.2) is 59.7 Å². The third-order valence-corrected chi connectivity index (χ3v) is 3.48. The van der Waals surface area contributed by atoms with Gasteiger partial charge in [0.15, 0.2) is 0 Å². The Labute approximate surface area is 117 Å². The topological polar surface area (TPSA) is 34.9 Å². The first kappa shape index (κ1) is 12.6. The van der Waals surface area contributed by atoms with E-state index in [1.54, 1.807) is 10.9 Å². The van der Waals surface area contributed by atoms with Crippen molar-refractivity contribution in [1.82, 2.24) is 9.55 Å². The maximum absolute atomic E-state index is 12.5. The van der Waals surface area contributed by atoms with Gasteiger partial charge in [-0.3, -0.25) is 9.36 Å². The van der Waals surface area contributed by atoms with Crippen molar-refractivity contribution in [2.45, 2.75) is 19.8 Å². The summed E-state index contributed by atoms with van der Waals surface area (Å²) in [5.41, 5.74) is 2.77. The van der Waals surface area contributed by atoms with Gasteiger partial charge < -0.3 is 0 Å². The lowest BCUT2D eigenvalue weighted by atomic mass is 10.0. The molecule has 1 aromatic heterocycles. The minimum absolute atomic E-state index is 0.0310. The molecule has 0 amide bonds. The highest BCUT2D eigenvalue weighted by Gasteiger charge is 2.06. The monoisotopic (exact) mass is 264 g/mol. The van der Waals surface area contributed by atoms with E-state index in [0.29, 0.717) is 11.3 Å². The molecule has 3 rings (SSSR count). The van der Waals surface area contributed by atoms with E-state index < -0.39 is 0 Å². The standard InChI is InChI=1S/C17H16N2O/c1-12(2)13-6-5-7-14(10-13)19-11-18-16-9-4-3-8-15(16)17(19)20/h3-12H,1-2H3. The van der Waals surface area contributed by atoms with Crippen LogP contribution in [-0.2, 0) is 0 Å². The van der Waals surface area contributed by atoms with E-state index in [9.17, 15) is 4.79 Å². The van der Waals surface area contributed by atoms with Gasteiger partial charge in [0.2, 0.25) is 0 Å². The van der Waals surface area contributed by atoms with Gasteiger partial charge in [-0.2, -0.15) is 0 Å². The van der Waals surface area contributed by atoms with Crippen LogP contribution in [0.3, 0.4) is 0 Å².